The van der Waals surface area contributed by atoms with Crippen molar-refractivity contribution in [3.8, 4) is 16.5 Å². The molecular weight excluding hydrogens is 691 g/mol. The molecule has 3 fully saturated rings. The molecular formula is C37H51N5O7S2. The lowest BCUT2D eigenvalue weighted by Gasteiger charge is -2.24. The molecule has 3 heterocycles. The van der Waals surface area contributed by atoms with Gasteiger partial charge in [-0.1, -0.05) is 19.9 Å². The van der Waals surface area contributed by atoms with Crippen LogP contribution in [0.3, 0.4) is 0 Å². The molecule has 1 saturated heterocycles. The molecule has 278 valence electrons. The van der Waals surface area contributed by atoms with Gasteiger partial charge in [0.05, 0.1) is 29.3 Å². The zero-order valence-corrected chi connectivity index (χ0v) is 31.7. The van der Waals surface area contributed by atoms with Gasteiger partial charge in [-0.3, -0.25) is 23.9 Å². The number of fused-ring (bicyclic) bond motifs is 1. The lowest BCUT2D eigenvalue weighted by Crippen LogP contribution is -2.47. The topological polar surface area (TPSA) is 160 Å². The fourth-order valence-corrected chi connectivity index (χ4v) is 7.28. The highest BCUT2D eigenvalue weighted by atomic mass is 32.2. The fraction of sp³-hybridized carbons (Fsp3) is 0.541. The number of benzene rings is 1. The Kier molecular flexibility index (Phi) is 15.4. The number of nitrogens with one attached hydrogen (secondary N) is 3. The van der Waals surface area contributed by atoms with E-state index in [0.29, 0.717) is 36.9 Å². The SMILES string of the molecule is C=CCCCCOCC(=O)N1CCCC1C(=O)NC1CC1.COc1ccc2c(=O)cc(-c3nc(C(C)C)cs3)[nH]c2c1C.O=CNS(=O)C1CC1. The monoisotopic (exact) mass is 741 g/mol. The predicted octanol–water partition coefficient (Wildman–Crippen LogP) is 5.28. The maximum absolute atomic E-state index is 12.4. The van der Waals surface area contributed by atoms with Gasteiger partial charge in [0.25, 0.3) is 0 Å². The van der Waals surface area contributed by atoms with Gasteiger partial charge < -0.3 is 24.7 Å². The average molecular weight is 742 g/mol. The van der Waals surface area contributed by atoms with Crippen molar-refractivity contribution in [2.45, 2.75) is 102 Å². The van der Waals surface area contributed by atoms with Crippen LogP contribution in [0.4, 0.5) is 0 Å². The highest BCUT2D eigenvalue weighted by molar-refractivity contribution is 7.84. The van der Waals surface area contributed by atoms with E-state index in [1.54, 1.807) is 35.5 Å². The van der Waals surface area contributed by atoms with Crippen molar-refractivity contribution < 1.29 is 28.1 Å². The number of carbonyl (C=O) groups excluding carboxylic acids is 3. The van der Waals surface area contributed by atoms with E-state index in [9.17, 15) is 23.4 Å². The van der Waals surface area contributed by atoms with E-state index in [2.05, 4.69) is 40.4 Å². The van der Waals surface area contributed by atoms with Gasteiger partial charge in [0.2, 0.25) is 18.2 Å². The van der Waals surface area contributed by atoms with E-state index in [4.69, 9.17) is 9.47 Å². The van der Waals surface area contributed by atoms with Crippen molar-refractivity contribution in [3.63, 3.8) is 0 Å². The molecule has 2 aliphatic carbocycles. The molecule has 1 aromatic carbocycles. The number of ether oxygens (including phenoxy) is 2. The Balaban J connectivity index is 0.000000189. The van der Waals surface area contributed by atoms with Crippen molar-refractivity contribution in [2.75, 3.05) is 26.9 Å². The first kappa shape index (κ1) is 39.9. The van der Waals surface area contributed by atoms with Gasteiger partial charge >= 0.3 is 0 Å². The van der Waals surface area contributed by atoms with E-state index in [0.717, 1.165) is 91.0 Å². The Morgan fingerprint density at radius 2 is 1.96 bits per heavy atom. The van der Waals surface area contributed by atoms with Crippen LogP contribution in [0.1, 0.15) is 88.8 Å². The van der Waals surface area contributed by atoms with Gasteiger partial charge in [-0.2, -0.15) is 0 Å². The minimum absolute atomic E-state index is 0.00389. The summed E-state index contributed by atoms with van der Waals surface area (Å²) in [6.07, 6.45) is 11.1. The quantitative estimate of drug-likeness (QED) is 0.108. The molecule has 2 unspecified atom stereocenters. The third-order valence-electron chi connectivity index (χ3n) is 8.74. The molecule has 0 bridgehead atoms. The van der Waals surface area contributed by atoms with Crippen LogP contribution in [0.2, 0.25) is 0 Å². The average Bonchev–Trinajstić information content (AvgIpc) is 4.03. The number of amides is 3. The van der Waals surface area contributed by atoms with Gasteiger partial charge in [0.1, 0.15) is 34.4 Å². The van der Waals surface area contributed by atoms with Gasteiger partial charge in [-0.15, -0.1) is 17.9 Å². The summed E-state index contributed by atoms with van der Waals surface area (Å²) < 4.78 is 23.5. The molecule has 0 spiro atoms. The Labute approximate surface area is 306 Å². The molecule has 51 heavy (non-hydrogen) atoms. The number of likely N-dealkylation sites (tertiary alicyclic amines) is 1. The maximum Gasteiger partial charge on any atom is 0.249 e. The largest absolute Gasteiger partial charge is 0.496 e. The first-order valence-corrected chi connectivity index (χ1v) is 19.7. The number of aromatic amines is 1. The first-order valence-electron chi connectivity index (χ1n) is 17.6. The number of unbranched alkanes of at least 4 members (excludes halogenated alkanes) is 2. The van der Waals surface area contributed by atoms with Crippen molar-refractivity contribution in [3.05, 3.63) is 57.7 Å². The van der Waals surface area contributed by atoms with Gasteiger partial charge in [0, 0.05) is 41.6 Å². The Hall–Kier alpha value is -3.88. The summed E-state index contributed by atoms with van der Waals surface area (Å²) in [6, 6.07) is 5.30. The molecule has 2 aromatic heterocycles. The number of thiazole rings is 1. The second-order valence-electron chi connectivity index (χ2n) is 13.2. The number of allylic oxidation sites excluding steroid dienone is 1. The van der Waals surface area contributed by atoms with E-state index >= 15 is 0 Å². The van der Waals surface area contributed by atoms with Crippen LogP contribution in [0.15, 0.2) is 41.0 Å². The van der Waals surface area contributed by atoms with Crippen LogP contribution in [0, 0.1) is 6.92 Å². The van der Waals surface area contributed by atoms with Crippen LogP contribution in [-0.4, -0.2) is 81.5 Å². The summed E-state index contributed by atoms with van der Waals surface area (Å²) in [5, 5.41) is 6.79. The van der Waals surface area contributed by atoms with Crippen molar-refractivity contribution in [1.29, 1.82) is 0 Å². The first-order chi connectivity index (χ1) is 24.6. The highest BCUT2D eigenvalue weighted by Gasteiger charge is 2.36. The van der Waals surface area contributed by atoms with Crippen LogP contribution in [0.25, 0.3) is 21.6 Å². The number of aryl methyl sites for hydroxylation is 1. The number of pyridine rings is 1. The molecule has 3 N–H and O–H groups in total. The Bertz CT molecular complexity index is 1730. The van der Waals surface area contributed by atoms with Crippen LogP contribution < -0.4 is 20.2 Å². The minimum Gasteiger partial charge on any atom is -0.496 e. The van der Waals surface area contributed by atoms with E-state index in [1.807, 2.05) is 24.4 Å². The molecule has 2 saturated carbocycles. The summed E-state index contributed by atoms with van der Waals surface area (Å²) in [5.41, 5.74) is 3.53. The third kappa shape index (κ3) is 11.8. The smallest absolute Gasteiger partial charge is 0.249 e. The molecule has 3 aliphatic rings. The fourth-order valence-electron chi connectivity index (χ4n) is 5.47. The summed E-state index contributed by atoms with van der Waals surface area (Å²) in [4.78, 5) is 55.9. The van der Waals surface area contributed by atoms with Gasteiger partial charge in [-0.05, 0) is 82.8 Å². The maximum atomic E-state index is 12.4. The highest BCUT2D eigenvalue weighted by Crippen LogP contribution is 2.29. The Morgan fingerprint density at radius 1 is 1.20 bits per heavy atom. The second-order valence-corrected chi connectivity index (χ2v) is 15.5. The van der Waals surface area contributed by atoms with E-state index < -0.39 is 11.0 Å². The van der Waals surface area contributed by atoms with Crippen molar-refractivity contribution in [1.82, 2.24) is 24.9 Å². The Morgan fingerprint density at radius 3 is 2.59 bits per heavy atom. The second kappa shape index (κ2) is 19.7. The number of H-pyrrole nitrogens is 1. The zero-order valence-electron chi connectivity index (χ0n) is 30.0. The summed E-state index contributed by atoms with van der Waals surface area (Å²) in [7, 11) is 0.552. The molecule has 3 amide bonds. The molecule has 6 rings (SSSR count). The molecule has 3 aromatic rings. The number of aromatic nitrogens is 2. The molecule has 2 atom stereocenters. The summed E-state index contributed by atoms with van der Waals surface area (Å²) in [5.74, 6) is 1.09. The molecule has 0 radical (unpaired) electrons. The van der Waals surface area contributed by atoms with Crippen molar-refractivity contribution >= 4 is 51.4 Å². The van der Waals surface area contributed by atoms with Crippen LogP contribution in [-0.2, 0) is 30.1 Å². The number of hydrogen-bond acceptors (Lipinski definition) is 9. The number of hydrogen-bond donors (Lipinski definition) is 3. The molecule has 14 heteroatoms. The lowest BCUT2D eigenvalue weighted by atomic mass is 10.1. The molecule has 12 nitrogen and oxygen atoms in total. The van der Waals surface area contributed by atoms with Gasteiger partial charge in [0.15, 0.2) is 5.43 Å². The zero-order chi connectivity index (χ0) is 36.9. The summed E-state index contributed by atoms with van der Waals surface area (Å²) >= 11 is 1.55. The molecule has 1 aliphatic heterocycles. The van der Waals surface area contributed by atoms with E-state index in [-0.39, 0.29) is 35.1 Å². The number of methoxy groups -OCH3 is 1. The predicted molar refractivity (Wildman–Crippen MR) is 202 cm³/mol. The third-order valence-corrected chi connectivity index (χ3v) is 11.0. The number of nitrogens with zero attached hydrogens (tertiary/aromatic N) is 2. The number of carbonyl (C=O) groups is 3. The standard InChI is InChI=1S/C17H18N2O2S.C16H26N2O3.C4H7NO2S/c1-9(2)13-8-22-17(19-13)12-7-14(20)11-5-6-15(21-4)10(3)16(11)18-12;1-2-3-4-5-11-21-12-15(19)18-10-6-7-14(18)16(20)17-13-8-9-13;6-3-5-8(7)4-1-2-4/h5-9H,1-4H3,(H,18,20);2,13-14H,1,3-12H2,(H,17,20);3-4H,1-2H2,(H,5,6). The van der Waals surface area contributed by atoms with Gasteiger partial charge in [-0.25, -0.2) is 9.19 Å². The minimum atomic E-state index is -1.08. The summed E-state index contributed by atoms with van der Waals surface area (Å²) in [6.45, 7) is 11.2. The lowest BCUT2D eigenvalue weighted by molar-refractivity contribution is -0.142. The normalized spacial score (nSPS) is 17.1. The van der Waals surface area contributed by atoms with E-state index in [1.165, 1.54) is 0 Å². The van der Waals surface area contributed by atoms with Crippen LogP contribution in [0.5, 0.6) is 5.75 Å². The van der Waals surface area contributed by atoms with Crippen molar-refractivity contribution in [2.24, 2.45) is 0 Å². The number of rotatable bonds is 15. The van der Waals surface area contributed by atoms with Crippen LogP contribution >= 0.6 is 11.3 Å².